The first-order valence-corrected chi connectivity index (χ1v) is 6.01. The van der Waals surface area contributed by atoms with Crippen molar-refractivity contribution in [3.05, 3.63) is 0 Å². The lowest BCUT2D eigenvalue weighted by Gasteiger charge is -2.24. The molecule has 1 aliphatic carbocycles. The van der Waals surface area contributed by atoms with Gasteiger partial charge < -0.3 is 4.74 Å². The molecule has 0 aromatic rings. The molecule has 0 heterocycles. The molecular weight excluding hydrogens is 190 g/mol. The zero-order valence-electron chi connectivity index (χ0n) is 10.2. The maximum absolute atomic E-state index is 11.3. The van der Waals surface area contributed by atoms with Crippen LogP contribution in [-0.2, 0) is 9.53 Å². The van der Waals surface area contributed by atoms with E-state index < -0.39 is 0 Å². The summed E-state index contributed by atoms with van der Waals surface area (Å²) in [5.41, 5.74) is 0. The molecule has 3 nitrogen and oxygen atoms in total. The van der Waals surface area contributed by atoms with Crippen molar-refractivity contribution < 1.29 is 9.53 Å². The van der Waals surface area contributed by atoms with Crippen LogP contribution in [-0.4, -0.2) is 37.1 Å². The Kier molecular flexibility index (Phi) is 5.09. The van der Waals surface area contributed by atoms with Crippen molar-refractivity contribution in [3.8, 4) is 0 Å². The summed E-state index contributed by atoms with van der Waals surface area (Å²) < 4.78 is 4.75. The molecule has 15 heavy (non-hydrogen) atoms. The van der Waals surface area contributed by atoms with Gasteiger partial charge in [0.15, 0.2) is 0 Å². The number of nitrogens with zero attached hydrogens (tertiary/aromatic N) is 1. The van der Waals surface area contributed by atoms with Crippen molar-refractivity contribution >= 4 is 5.97 Å². The van der Waals surface area contributed by atoms with Crippen LogP contribution in [0.3, 0.4) is 0 Å². The van der Waals surface area contributed by atoms with Crippen molar-refractivity contribution in [3.63, 3.8) is 0 Å². The van der Waals surface area contributed by atoms with E-state index in [9.17, 15) is 4.79 Å². The van der Waals surface area contributed by atoms with Crippen molar-refractivity contribution in [1.29, 1.82) is 0 Å². The first-order valence-electron chi connectivity index (χ1n) is 6.01. The SMILES string of the molecule is CCCCN(CC(C)C(=O)OC)C1CC1. The predicted octanol–water partition coefficient (Wildman–Crippen LogP) is 2.06. The molecule has 3 heteroatoms. The van der Waals surface area contributed by atoms with Crippen LogP contribution in [0.4, 0.5) is 0 Å². The molecule has 1 fully saturated rings. The third-order valence-corrected chi connectivity index (χ3v) is 2.97. The van der Waals surface area contributed by atoms with Gasteiger partial charge in [-0.1, -0.05) is 20.3 Å². The van der Waals surface area contributed by atoms with Crippen molar-refractivity contribution in [2.75, 3.05) is 20.2 Å². The average Bonchev–Trinajstić information content (AvgIpc) is 3.06. The molecule has 0 N–H and O–H groups in total. The Balaban J connectivity index is 2.32. The Morgan fingerprint density at radius 3 is 2.67 bits per heavy atom. The number of carbonyl (C=O) groups excluding carboxylic acids is 1. The number of methoxy groups -OCH3 is 1. The maximum atomic E-state index is 11.3. The van der Waals surface area contributed by atoms with Crippen LogP contribution in [0.2, 0.25) is 0 Å². The van der Waals surface area contributed by atoms with E-state index in [0.717, 1.165) is 19.1 Å². The van der Waals surface area contributed by atoms with Crippen molar-refractivity contribution in [2.45, 2.75) is 45.6 Å². The molecule has 0 aliphatic heterocycles. The Bertz CT molecular complexity index is 202. The van der Waals surface area contributed by atoms with Crippen LogP contribution in [0.25, 0.3) is 0 Å². The standard InChI is InChI=1S/C12H23NO2/c1-4-5-8-13(11-6-7-11)9-10(2)12(14)15-3/h10-11H,4-9H2,1-3H3. The quantitative estimate of drug-likeness (QED) is 0.606. The summed E-state index contributed by atoms with van der Waals surface area (Å²) in [5, 5.41) is 0. The van der Waals surface area contributed by atoms with Gasteiger partial charge in [0.25, 0.3) is 0 Å². The number of hydrogen-bond donors (Lipinski definition) is 0. The lowest BCUT2D eigenvalue weighted by Crippen LogP contribution is -2.34. The zero-order valence-corrected chi connectivity index (χ0v) is 10.2. The minimum absolute atomic E-state index is 0.00690. The summed E-state index contributed by atoms with van der Waals surface area (Å²) in [6.07, 6.45) is 5.05. The van der Waals surface area contributed by atoms with Gasteiger partial charge in [-0.3, -0.25) is 9.69 Å². The van der Waals surface area contributed by atoms with Crippen LogP contribution in [0.1, 0.15) is 39.5 Å². The number of hydrogen-bond acceptors (Lipinski definition) is 3. The zero-order chi connectivity index (χ0) is 11.3. The molecule has 0 bridgehead atoms. The number of carbonyl (C=O) groups is 1. The van der Waals surface area contributed by atoms with E-state index in [4.69, 9.17) is 4.74 Å². The second-order valence-electron chi connectivity index (χ2n) is 4.50. The van der Waals surface area contributed by atoms with Gasteiger partial charge in [0.05, 0.1) is 13.0 Å². The van der Waals surface area contributed by atoms with E-state index in [2.05, 4.69) is 11.8 Å². The van der Waals surface area contributed by atoms with Gasteiger partial charge in [-0.2, -0.15) is 0 Å². The van der Waals surface area contributed by atoms with E-state index in [1.807, 2.05) is 6.92 Å². The topological polar surface area (TPSA) is 29.5 Å². The molecule has 0 aromatic carbocycles. The smallest absolute Gasteiger partial charge is 0.309 e. The Morgan fingerprint density at radius 1 is 1.53 bits per heavy atom. The Labute approximate surface area is 92.8 Å². The van der Waals surface area contributed by atoms with Crippen LogP contribution < -0.4 is 0 Å². The van der Waals surface area contributed by atoms with E-state index in [0.29, 0.717) is 0 Å². The van der Waals surface area contributed by atoms with E-state index >= 15 is 0 Å². The first kappa shape index (κ1) is 12.5. The number of ether oxygens (including phenoxy) is 1. The predicted molar refractivity (Wildman–Crippen MR) is 60.7 cm³/mol. The average molecular weight is 213 g/mol. The summed E-state index contributed by atoms with van der Waals surface area (Å²) in [4.78, 5) is 13.8. The molecule has 88 valence electrons. The molecule has 0 radical (unpaired) electrons. The monoisotopic (exact) mass is 213 g/mol. The number of esters is 1. The minimum Gasteiger partial charge on any atom is -0.469 e. The van der Waals surface area contributed by atoms with Gasteiger partial charge in [0, 0.05) is 12.6 Å². The lowest BCUT2D eigenvalue weighted by atomic mass is 10.1. The van der Waals surface area contributed by atoms with Crippen LogP contribution in [0, 0.1) is 5.92 Å². The summed E-state index contributed by atoms with van der Waals surface area (Å²) in [6.45, 7) is 6.14. The molecule has 1 saturated carbocycles. The fourth-order valence-corrected chi connectivity index (χ4v) is 1.85. The minimum atomic E-state index is -0.0860. The van der Waals surface area contributed by atoms with Gasteiger partial charge in [-0.05, 0) is 25.8 Å². The van der Waals surface area contributed by atoms with Gasteiger partial charge in [-0.15, -0.1) is 0 Å². The Morgan fingerprint density at radius 2 is 2.20 bits per heavy atom. The van der Waals surface area contributed by atoms with Crippen molar-refractivity contribution in [2.24, 2.45) is 5.92 Å². The second kappa shape index (κ2) is 6.11. The van der Waals surface area contributed by atoms with Crippen LogP contribution >= 0.6 is 0 Å². The summed E-state index contributed by atoms with van der Waals surface area (Å²) in [7, 11) is 1.46. The third kappa shape index (κ3) is 4.20. The molecule has 0 spiro atoms. The molecule has 0 saturated heterocycles. The van der Waals surface area contributed by atoms with Crippen molar-refractivity contribution in [1.82, 2.24) is 4.90 Å². The summed E-state index contributed by atoms with van der Waals surface area (Å²) in [6, 6.07) is 0.739. The number of rotatable bonds is 7. The molecule has 1 aliphatic rings. The van der Waals surface area contributed by atoms with Gasteiger partial charge >= 0.3 is 5.97 Å². The van der Waals surface area contributed by atoms with E-state index in [1.165, 1.54) is 32.8 Å². The third-order valence-electron chi connectivity index (χ3n) is 2.97. The van der Waals surface area contributed by atoms with Crippen LogP contribution in [0.5, 0.6) is 0 Å². The second-order valence-corrected chi connectivity index (χ2v) is 4.50. The maximum Gasteiger partial charge on any atom is 0.309 e. The van der Waals surface area contributed by atoms with Gasteiger partial charge in [0.1, 0.15) is 0 Å². The van der Waals surface area contributed by atoms with E-state index in [-0.39, 0.29) is 11.9 Å². The molecule has 1 rings (SSSR count). The highest BCUT2D eigenvalue weighted by molar-refractivity contribution is 5.72. The molecule has 0 aromatic heterocycles. The van der Waals surface area contributed by atoms with E-state index in [1.54, 1.807) is 0 Å². The van der Waals surface area contributed by atoms with Gasteiger partial charge in [-0.25, -0.2) is 0 Å². The molecule has 0 amide bonds. The summed E-state index contributed by atoms with van der Waals surface area (Å²) >= 11 is 0. The molecule has 1 atom stereocenters. The first-order chi connectivity index (χ1) is 7.19. The normalized spacial score (nSPS) is 17.9. The molecule has 1 unspecified atom stereocenters. The fraction of sp³-hybridized carbons (Fsp3) is 0.917. The highest BCUT2D eigenvalue weighted by Crippen LogP contribution is 2.27. The van der Waals surface area contributed by atoms with Gasteiger partial charge in [0.2, 0.25) is 0 Å². The highest BCUT2D eigenvalue weighted by atomic mass is 16.5. The summed E-state index contributed by atoms with van der Waals surface area (Å²) in [5.74, 6) is -0.0791. The lowest BCUT2D eigenvalue weighted by molar-refractivity contribution is -0.145. The number of unbranched alkanes of at least 4 members (excludes halogenated alkanes) is 1. The Hall–Kier alpha value is -0.570. The van der Waals surface area contributed by atoms with Crippen LogP contribution in [0.15, 0.2) is 0 Å². The largest absolute Gasteiger partial charge is 0.469 e. The highest BCUT2D eigenvalue weighted by Gasteiger charge is 2.30. The molecular formula is C12H23NO2. The fourth-order valence-electron chi connectivity index (χ4n) is 1.85.